The number of carbonyl (C=O) groups is 2. The highest BCUT2D eigenvalue weighted by Crippen LogP contribution is 2.22. The molecule has 1 aromatic rings. The van der Waals surface area contributed by atoms with Crippen LogP contribution in [0, 0.1) is 11.8 Å². The van der Waals surface area contributed by atoms with Gasteiger partial charge in [0.1, 0.15) is 11.6 Å². The number of piperazine rings is 1. The van der Waals surface area contributed by atoms with Crippen LogP contribution in [0.3, 0.4) is 0 Å². The first-order valence-electron chi connectivity index (χ1n) is 10.7. The summed E-state index contributed by atoms with van der Waals surface area (Å²) >= 11 is 0. The van der Waals surface area contributed by atoms with Crippen LogP contribution in [0.1, 0.15) is 50.4 Å². The van der Waals surface area contributed by atoms with E-state index in [1.165, 1.54) is 0 Å². The Morgan fingerprint density at radius 2 is 1.89 bits per heavy atom. The van der Waals surface area contributed by atoms with Crippen LogP contribution >= 0.6 is 0 Å². The Balaban J connectivity index is 1.59. The van der Waals surface area contributed by atoms with E-state index in [9.17, 15) is 9.59 Å². The summed E-state index contributed by atoms with van der Waals surface area (Å²) in [7, 11) is 0. The maximum absolute atomic E-state index is 12.9. The Kier molecular flexibility index (Phi) is 7.05. The van der Waals surface area contributed by atoms with Crippen molar-refractivity contribution in [1.29, 1.82) is 0 Å². The van der Waals surface area contributed by atoms with Gasteiger partial charge in [0.15, 0.2) is 0 Å². The van der Waals surface area contributed by atoms with Gasteiger partial charge in [-0.3, -0.25) is 9.59 Å². The molecule has 0 radical (unpaired) electrons. The third-order valence-corrected chi connectivity index (χ3v) is 5.91. The lowest BCUT2D eigenvalue weighted by atomic mass is 9.89. The van der Waals surface area contributed by atoms with E-state index in [-0.39, 0.29) is 11.8 Å². The molecule has 0 saturated carbocycles. The number of ketones is 1. The highest BCUT2D eigenvalue weighted by atomic mass is 16.2. The minimum absolute atomic E-state index is 0.00287. The van der Waals surface area contributed by atoms with E-state index >= 15 is 0 Å². The molecule has 0 N–H and O–H groups in total. The fraction of sp³-hybridized carbons (Fsp3) is 0.682. The largest absolute Gasteiger partial charge is 0.354 e. The average molecular weight is 387 g/mol. The summed E-state index contributed by atoms with van der Waals surface area (Å²) in [5.41, 5.74) is 0.618. The average Bonchev–Trinajstić information content (AvgIpc) is 2.73. The molecule has 0 unspecified atom stereocenters. The molecule has 6 nitrogen and oxygen atoms in total. The van der Waals surface area contributed by atoms with Crippen molar-refractivity contribution in [2.75, 3.05) is 50.7 Å². The number of aromatic nitrogens is 1. The minimum atomic E-state index is -0.0119. The van der Waals surface area contributed by atoms with Crippen LogP contribution in [-0.4, -0.2) is 72.3 Å². The van der Waals surface area contributed by atoms with Crippen LogP contribution in [0.5, 0.6) is 0 Å². The monoisotopic (exact) mass is 386 g/mol. The molecule has 0 aromatic carbocycles. The van der Waals surface area contributed by atoms with Crippen molar-refractivity contribution in [2.45, 2.75) is 40.0 Å². The molecule has 1 amide bonds. The fourth-order valence-corrected chi connectivity index (χ4v) is 4.17. The Morgan fingerprint density at radius 3 is 2.50 bits per heavy atom. The normalized spacial score (nSPS) is 21.2. The van der Waals surface area contributed by atoms with E-state index in [1.54, 1.807) is 6.20 Å². The molecule has 2 fully saturated rings. The van der Waals surface area contributed by atoms with Crippen LogP contribution < -0.4 is 4.90 Å². The van der Waals surface area contributed by atoms with Crippen molar-refractivity contribution < 1.29 is 9.59 Å². The second-order valence-corrected chi connectivity index (χ2v) is 8.48. The van der Waals surface area contributed by atoms with Crippen LogP contribution in [0.15, 0.2) is 18.3 Å². The van der Waals surface area contributed by atoms with Crippen molar-refractivity contribution >= 4 is 17.5 Å². The summed E-state index contributed by atoms with van der Waals surface area (Å²) in [6, 6.07) is 3.84. The van der Waals surface area contributed by atoms with Gasteiger partial charge in [-0.2, -0.15) is 0 Å². The number of carbonyl (C=O) groups excluding carboxylic acids is 2. The molecule has 0 bridgehead atoms. The number of hydrogen-bond donors (Lipinski definition) is 0. The Morgan fingerprint density at radius 1 is 1.14 bits per heavy atom. The zero-order chi connectivity index (χ0) is 20.1. The summed E-state index contributed by atoms with van der Waals surface area (Å²) in [6.07, 6.45) is 4.10. The number of pyridine rings is 1. The standard InChI is InChI=1S/C22H34N4O2/c1-4-24-10-12-25(13-11-24)21-8-7-18(15-23-21)22(28)26-9-5-6-19(16-26)20(27)14-17(2)3/h7-8,15,17,19H,4-6,9-14,16H2,1-3H3/t19-/m0/s1. The van der Waals surface area contributed by atoms with E-state index in [2.05, 4.69) is 35.6 Å². The highest BCUT2D eigenvalue weighted by Gasteiger charge is 2.29. The molecule has 154 valence electrons. The predicted octanol–water partition coefficient (Wildman–Crippen LogP) is 2.69. The molecular weight excluding hydrogens is 352 g/mol. The van der Waals surface area contributed by atoms with Gasteiger partial charge in [-0.15, -0.1) is 0 Å². The first-order valence-corrected chi connectivity index (χ1v) is 10.7. The molecular formula is C22H34N4O2. The number of Topliss-reactive ketones (excluding diaryl/α,β-unsaturated/α-hetero) is 1. The maximum atomic E-state index is 12.9. The van der Waals surface area contributed by atoms with E-state index < -0.39 is 0 Å². The quantitative estimate of drug-likeness (QED) is 0.752. The lowest BCUT2D eigenvalue weighted by Gasteiger charge is -2.35. The number of anilines is 1. The molecule has 6 heteroatoms. The third-order valence-electron chi connectivity index (χ3n) is 5.91. The zero-order valence-electron chi connectivity index (χ0n) is 17.6. The molecule has 2 aliphatic rings. The maximum Gasteiger partial charge on any atom is 0.255 e. The van der Waals surface area contributed by atoms with Crippen LogP contribution in [0.4, 0.5) is 5.82 Å². The summed E-state index contributed by atoms with van der Waals surface area (Å²) in [4.78, 5) is 36.4. The summed E-state index contributed by atoms with van der Waals surface area (Å²) in [6.45, 7) is 12.7. The molecule has 3 heterocycles. The fourth-order valence-electron chi connectivity index (χ4n) is 4.17. The Hall–Kier alpha value is -1.95. The summed E-state index contributed by atoms with van der Waals surface area (Å²) < 4.78 is 0. The predicted molar refractivity (Wildman–Crippen MR) is 112 cm³/mol. The van der Waals surface area contributed by atoms with Gasteiger partial charge in [-0.1, -0.05) is 20.8 Å². The molecule has 0 aliphatic carbocycles. The van der Waals surface area contributed by atoms with Crippen molar-refractivity contribution in [3.63, 3.8) is 0 Å². The van der Waals surface area contributed by atoms with Gasteiger partial charge < -0.3 is 14.7 Å². The molecule has 0 spiro atoms. The van der Waals surface area contributed by atoms with Crippen molar-refractivity contribution in [1.82, 2.24) is 14.8 Å². The van der Waals surface area contributed by atoms with Gasteiger partial charge in [0.25, 0.3) is 5.91 Å². The number of likely N-dealkylation sites (N-methyl/N-ethyl adjacent to an activating group) is 1. The van der Waals surface area contributed by atoms with Gasteiger partial charge in [-0.05, 0) is 37.4 Å². The van der Waals surface area contributed by atoms with Crippen LogP contribution in [-0.2, 0) is 4.79 Å². The topological polar surface area (TPSA) is 56.8 Å². The second kappa shape index (κ2) is 9.50. The molecule has 2 saturated heterocycles. The number of amides is 1. The van der Waals surface area contributed by atoms with E-state index in [0.717, 1.165) is 57.9 Å². The molecule has 3 rings (SSSR count). The van der Waals surface area contributed by atoms with Crippen molar-refractivity contribution in [2.24, 2.45) is 11.8 Å². The molecule has 1 atom stereocenters. The SMILES string of the molecule is CCN1CCN(c2ccc(C(=O)N3CCC[C@H](C(=O)CC(C)C)C3)cn2)CC1. The Bertz CT molecular complexity index is 666. The number of piperidine rings is 1. The third kappa shape index (κ3) is 5.10. The van der Waals surface area contributed by atoms with Gasteiger partial charge in [0, 0.05) is 57.8 Å². The van der Waals surface area contributed by atoms with E-state index in [4.69, 9.17) is 0 Å². The lowest BCUT2D eigenvalue weighted by molar-refractivity contribution is -0.124. The van der Waals surface area contributed by atoms with Crippen LogP contribution in [0.25, 0.3) is 0 Å². The molecule has 1 aromatic heterocycles. The van der Waals surface area contributed by atoms with Gasteiger partial charge in [-0.25, -0.2) is 4.98 Å². The van der Waals surface area contributed by atoms with E-state index in [0.29, 0.717) is 30.2 Å². The number of likely N-dealkylation sites (tertiary alicyclic amines) is 1. The van der Waals surface area contributed by atoms with Crippen molar-refractivity contribution in [3.8, 4) is 0 Å². The smallest absolute Gasteiger partial charge is 0.255 e. The lowest BCUT2D eigenvalue weighted by Crippen LogP contribution is -2.46. The van der Waals surface area contributed by atoms with Gasteiger partial charge in [0.05, 0.1) is 5.56 Å². The van der Waals surface area contributed by atoms with Crippen LogP contribution in [0.2, 0.25) is 0 Å². The second-order valence-electron chi connectivity index (χ2n) is 8.48. The number of rotatable bonds is 6. The van der Waals surface area contributed by atoms with E-state index in [1.807, 2.05) is 17.0 Å². The highest BCUT2D eigenvalue weighted by molar-refractivity contribution is 5.94. The number of nitrogens with zero attached hydrogens (tertiary/aromatic N) is 4. The Labute approximate surface area is 168 Å². The summed E-state index contributed by atoms with van der Waals surface area (Å²) in [5, 5.41) is 0. The first-order chi connectivity index (χ1) is 13.5. The zero-order valence-corrected chi connectivity index (χ0v) is 17.6. The van der Waals surface area contributed by atoms with Gasteiger partial charge >= 0.3 is 0 Å². The minimum Gasteiger partial charge on any atom is -0.354 e. The van der Waals surface area contributed by atoms with Gasteiger partial charge in [0.2, 0.25) is 0 Å². The van der Waals surface area contributed by atoms with Crippen molar-refractivity contribution in [3.05, 3.63) is 23.9 Å². The molecule has 2 aliphatic heterocycles. The molecule has 28 heavy (non-hydrogen) atoms. The first kappa shape index (κ1) is 20.8. The summed E-state index contributed by atoms with van der Waals surface area (Å²) in [5.74, 6) is 1.59. The number of hydrogen-bond acceptors (Lipinski definition) is 5.